The molecule has 1 aromatic rings. The molecule has 7 nitrogen and oxygen atoms in total. The number of amides is 2. The second-order valence-electron chi connectivity index (χ2n) is 6.83. The number of Topliss-reactive ketones (excluding diaryl/α,β-unsaturated/α-hetero) is 1. The molecule has 0 aliphatic carbocycles. The second-order valence-corrected chi connectivity index (χ2v) is 6.83. The van der Waals surface area contributed by atoms with Gasteiger partial charge in [-0.05, 0) is 38.3 Å². The molecule has 2 saturated heterocycles. The number of nitrogens with two attached hydrogens (primary N) is 1. The highest BCUT2D eigenvalue weighted by molar-refractivity contribution is 5.92. The summed E-state index contributed by atoms with van der Waals surface area (Å²) >= 11 is 0. The molecule has 0 radical (unpaired) electrons. The first-order valence-electron chi connectivity index (χ1n) is 9.08. The molecule has 2 amide bonds. The number of aromatic nitrogens is 1. The number of nitrogens with zero attached hydrogens (tertiary/aromatic N) is 4. The van der Waals surface area contributed by atoms with Gasteiger partial charge in [0.25, 0.3) is 0 Å². The van der Waals surface area contributed by atoms with Crippen LogP contribution in [0.4, 0.5) is 10.6 Å². The van der Waals surface area contributed by atoms with E-state index in [1.165, 1.54) is 0 Å². The van der Waals surface area contributed by atoms with Crippen LogP contribution in [0.5, 0.6) is 0 Å². The molecule has 136 valence electrons. The first-order valence-corrected chi connectivity index (χ1v) is 9.08. The van der Waals surface area contributed by atoms with E-state index in [-0.39, 0.29) is 17.9 Å². The molecule has 25 heavy (non-hydrogen) atoms. The maximum absolute atomic E-state index is 12.9. The third-order valence-electron chi connectivity index (χ3n) is 5.36. The van der Waals surface area contributed by atoms with E-state index in [4.69, 9.17) is 5.73 Å². The Bertz CT molecular complexity index is 601. The van der Waals surface area contributed by atoms with E-state index in [1.54, 1.807) is 11.1 Å². The smallest absolute Gasteiger partial charge is 0.315 e. The molecule has 0 aromatic carbocycles. The van der Waals surface area contributed by atoms with Crippen LogP contribution in [0.1, 0.15) is 26.2 Å². The van der Waals surface area contributed by atoms with Gasteiger partial charge in [-0.15, -0.1) is 0 Å². The van der Waals surface area contributed by atoms with E-state index in [2.05, 4.69) is 14.8 Å². The minimum absolute atomic E-state index is 0.116. The van der Waals surface area contributed by atoms with E-state index in [1.807, 2.05) is 25.1 Å². The van der Waals surface area contributed by atoms with Crippen molar-refractivity contribution in [3.05, 3.63) is 24.4 Å². The number of rotatable bonds is 4. The highest BCUT2D eigenvalue weighted by Gasteiger charge is 2.36. The molecule has 7 heteroatoms. The van der Waals surface area contributed by atoms with Gasteiger partial charge in [-0.25, -0.2) is 9.78 Å². The first-order chi connectivity index (χ1) is 12.1. The molecule has 2 unspecified atom stereocenters. The lowest BCUT2D eigenvalue weighted by Crippen LogP contribution is -2.58. The molecule has 2 fully saturated rings. The normalized spacial score (nSPS) is 23.3. The lowest BCUT2D eigenvalue weighted by molar-refractivity contribution is -0.129. The van der Waals surface area contributed by atoms with Crippen LogP contribution in [0.15, 0.2) is 24.4 Å². The fraction of sp³-hybridized carbons (Fsp3) is 0.611. The summed E-state index contributed by atoms with van der Waals surface area (Å²) in [6.45, 7) is 5.86. The van der Waals surface area contributed by atoms with Crippen LogP contribution in [0, 0.1) is 0 Å². The van der Waals surface area contributed by atoms with Crippen molar-refractivity contribution in [2.45, 2.75) is 38.3 Å². The monoisotopic (exact) mass is 345 g/mol. The lowest BCUT2D eigenvalue weighted by Gasteiger charge is -2.41. The number of piperidine rings is 1. The minimum Gasteiger partial charge on any atom is -0.354 e. The second kappa shape index (κ2) is 7.82. The summed E-state index contributed by atoms with van der Waals surface area (Å²) in [6, 6.07) is 4.87. The Morgan fingerprint density at radius 1 is 1.16 bits per heavy atom. The van der Waals surface area contributed by atoms with Crippen molar-refractivity contribution in [2.24, 2.45) is 5.73 Å². The number of carbonyl (C=O) groups excluding carboxylic acids is 2. The molecular formula is C18H27N5O2. The van der Waals surface area contributed by atoms with E-state index < -0.39 is 6.03 Å². The fourth-order valence-electron chi connectivity index (χ4n) is 3.83. The van der Waals surface area contributed by atoms with E-state index in [0.717, 1.165) is 51.3 Å². The van der Waals surface area contributed by atoms with E-state index >= 15 is 0 Å². The average molecular weight is 345 g/mol. The maximum Gasteiger partial charge on any atom is 0.315 e. The number of carbonyl (C=O) groups is 2. The van der Waals surface area contributed by atoms with Gasteiger partial charge < -0.3 is 15.5 Å². The zero-order chi connectivity index (χ0) is 17.8. The lowest BCUT2D eigenvalue weighted by atomic mass is 9.94. The zero-order valence-corrected chi connectivity index (χ0v) is 14.8. The van der Waals surface area contributed by atoms with Crippen LogP contribution < -0.4 is 10.6 Å². The van der Waals surface area contributed by atoms with Gasteiger partial charge in [0.15, 0.2) is 5.78 Å². The fourth-order valence-corrected chi connectivity index (χ4v) is 3.83. The standard InChI is InChI=1S/C18H27N5O2/c1-14(17(24)15-6-3-5-9-23(15)18(19)25)21-10-12-22(13-11-21)16-7-2-4-8-20-16/h2,4,7-8,14-15H,3,5-6,9-13H2,1H3,(H2,19,25). The summed E-state index contributed by atoms with van der Waals surface area (Å²) in [5.41, 5.74) is 5.46. The van der Waals surface area contributed by atoms with Crippen molar-refractivity contribution >= 4 is 17.6 Å². The Kier molecular flexibility index (Phi) is 5.53. The van der Waals surface area contributed by atoms with Crippen LogP contribution in [-0.4, -0.2) is 71.4 Å². The third-order valence-corrected chi connectivity index (χ3v) is 5.36. The number of anilines is 1. The number of hydrogen-bond acceptors (Lipinski definition) is 5. The molecule has 2 N–H and O–H groups in total. The van der Waals surface area contributed by atoms with Crippen LogP contribution in [-0.2, 0) is 4.79 Å². The number of urea groups is 1. The molecule has 2 atom stereocenters. The summed E-state index contributed by atoms with van der Waals surface area (Å²) in [6.07, 6.45) is 4.42. The molecule has 2 aliphatic rings. The predicted octanol–water partition coefficient (Wildman–Crippen LogP) is 1.09. The van der Waals surface area contributed by atoms with Gasteiger partial charge in [0.2, 0.25) is 0 Å². The summed E-state index contributed by atoms with van der Waals surface area (Å²) < 4.78 is 0. The first kappa shape index (κ1) is 17.7. The SMILES string of the molecule is CC(C(=O)C1CCCCN1C(N)=O)N1CCN(c2ccccn2)CC1. The predicted molar refractivity (Wildman–Crippen MR) is 96.4 cm³/mol. The number of likely N-dealkylation sites (tertiary alicyclic amines) is 1. The van der Waals surface area contributed by atoms with Crippen molar-refractivity contribution in [3.63, 3.8) is 0 Å². The molecule has 3 rings (SSSR count). The largest absolute Gasteiger partial charge is 0.354 e. The summed E-state index contributed by atoms with van der Waals surface area (Å²) in [5, 5.41) is 0. The van der Waals surface area contributed by atoms with Gasteiger partial charge in [-0.2, -0.15) is 0 Å². The Hall–Kier alpha value is -2.15. The van der Waals surface area contributed by atoms with Crippen LogP contribution in [0.3, 0.4) is 0 Å². The van der Waals surface area contributed by atoms with Crippen molar-refractivity contribution in [3.8, 4) is 0 Å². The average Bonchev–Trinajstić information content (AvgIpc) is 2.67. The molecule has 1 aromatic heterocycles. The molecule has 2 aliphatic heterocycles. The summed E-state index contributed by atoms with van der Waals surface area (Å²) in [7, 11) is 0. The minimum atomic E-state index is -0.481. The molecular weight excluding hydrogens is 318 g/mol. The van der Waals surface area contributed by atoms with Crippen molar-refractivity contribution in [1.82, 2.24) is 14.8 Å². The number of pyridine rings is 1. The number of piperazine rings is 1. The van der Waals surface area contributed by atoms with Gasteiger partial charge in [-0.1, -0.05) is 6.07 Å². The Balaban J connectivity index is 1.59. The highest BCUT2D eigenvalue weighted by Crippen LogP contribution is 2.21. The summed E-state index contributed by atoms with van der Waals surface area (Å²) in [4.78, 5) is 35.0. The molecule has 0 bridgehead atoms. The Morgan fingerprint density at radius 2 is 1.92 bits per heavy atom. The quantitative estimate of drug-likeness (QED) is 0.883. The molecule has 0 saturated carbocycles. The van der Waals surface area contributed by atoms with Crippen LogP contribution >= 0.6 is 0 Å². The third kappa shape index (κ3) is 3.92. The topological polar surface area (TPSA) is 82.8 Å². The van der Waals surface area contributed by atoms with E-state index in [9.17, 15) is 9.59 Å². The van der Waals surface area contributed by atoms with E-state index in [0.29, 0.717) is 6.54 Å². The zero-order valence-electron chi connectivity index (χ0n) is 14.8. The highest BCUT2D eigenvalue weighted by atomic mass is 16.2. The van der Waals surface area contributed by atoms with Gasteiger partial charge in [0.05, 0.1) is 12.1 Å². The van der Waals surface area contributed by atoms with Gasteiger partial charge >= 0.3 is 6.03 Å². The number of hydrogen-bond donors (Lipinski definition) is 1. The summed E-state index contributed by atoms with van der Waals surface area (Å²) in [5.74, 6) is 1.10. The van der Waals surface area contributed by atoms with Gasteiger partial charge in [0, 0.05) is 38.9 Å². The maximum atomic E-state index is 12.9. The van der Waals surface area contributed by atoms with Gasteiger partial charge in [0.1, 0.15) is 5.82 Å². The Morgan fingerprint density at radius 3 is 2.56 bits per heavy atom. The number of ketones is 1. The molecule has 0 spiro atoms. The number of primary amides is 1. The molecule has 3 heterocycles. The van der Waals surface area contributed by atoms with Gasteiger partial charge in [-0.3, -0.25) is 9.69 Å². The van der Waals surface area contributed by atoms with Crippen LogP contribution in [0.25, 0.3) is 0 Å². The van der Waals surface area contributed by atoms with Crippen molar-refractivity contribution in [2.75, 3.05) is 37.6 Å². The van der Waals surface area contributed by atoms with Crippen molar-refractivity contribution in [1.29, 1.82) is 0 Å². The van der Waals surface area contributed by atoms with Crippen LogP contribution in [0.2, 0.25) is 0 Å². The van der Waals surface area contributed by atoms with Crippen molar-refractivity contribution < 1.29 is 9.59 Å². The Labute approximate surface area is 148 Å².